The maximum absolute atomic E-state index is 11.9. The highest BCUT2D eigenvalue weighted by Crippen LogP contribution is 2.27. The van der Waals surface area contributed by atoms with Gasteiger partial charge in [-0.1, -0.05) is 12.1 Å². The van der Waals surface area contributed by atoms with Crippen molar-refractivity contribution in [1.29, 1.82) is 0 Å². The zero-order valence-corrected chi connectivity index (χ0v) is 13.2. The van der Waals surface area contributed by atoms with E-state index in [2.05, 4.69) is 10.6 Å². The molecule has 1 fully saturated rings. The molecule has 2 N–H and O–H groups in total. The lowest BCUT2D eigenvalue weighted by atomic mass is 10.1. The van der Waals surface area contributed by atoms with E-state index in [0.29, 0.717) is 6.54 Å². The summed E-state index contributed by atoms with van der Waals surface area (Å²) in [6, 6.07) is 7.88. The minimum absolute atomic E-state index is 0.0177. The zero-order valence-electron chi connectivity index (χ0n) is 13.2. The normalized spacial score (nSPS) is 15.8. The van der Waals surface area contributed by atoms with E-state index < -0.39 is 0 Å². The molecule has 0 radical (unpaired) electrons. The van der Waals surface area contributed by atoms with Crippen molar-refractivity contribution in [2.45, 2.75) is 45.8 Å². The van der Waals surface area contributed by atoms with Gasteiger partial charge in [-0.3, -0.25) is 4.79 Å². The van der Waals surface area contributed by atoms with Crippen molar-refractivity contribution in [1.82, 2.24) is 10.6 Å². The lowest BCUT2D eigenvalue weighted by Crippen LogP contribution is -2.36. The zero-order chi connectivity index (χ0) is 15.2. The molecule has 0 spiro atoms. The van der Waals surface area contributed by atoms with Crippen LogP contribution in [-0.2, 0) is 4.79 Å². The highest BCUT2D eigenvalue weighted by Gasteiger charge is 2.20. The van der Waals surface area contributed by atoms with Crippen LogP contribution in [-0.4, -0.2) is 25.1 Å². The number of rotatable bonds is 8. The van der Waals surface area contributed by atoms with E-state index >= 15 is 0 Å². The van der Waals surface area contributed by atoms with E-state index in [1.165, 1.54) is 12.8 Å². The minimum atomic E-state index is -0.0177. The molecule has 2 rings (SSSR count). The van der Waals surface area contributed by atoms with Crippen LogP contribution in [0.3, 0.4) is 0 Å². The Balaban J connectivity index is 1.80. The Morgan fingerprint density at radius 2 is 2.10 bits per heavy atom. The average molecular weight is 290 g/mol. The van der Waals surface area contributed by atoms with Crippen molar-refractivity contribution in [2.24, 2.45) is 5.92 Å². The predicted octanol–water partition coefficient (Wildman–Crippen LogP) is 2.65. The summed E-state index contributed by atoms with van der Waals surface area (Å²) in [5.41, 5.74) is 1.06. The average Bonchev–Trinajstić information content (AvgIpc) is 3.22. The van der Waals surface area contributed by atoms with Gasteiger partial charge in [0.15, 0.2) is 0 Å². The molecular formula is C17H26N2O2. The molecule has 116 valence electrons. The van der Waals surface area contributed by atoms with Gasteiger partial charge >= 0.3 is 0 Å². The third-order valence-corrected chi connectivity index (χ3v) is 3.52. The second kappa shape index (κ2) is 7.46. The van der Waals surface area contributed by atoms with Crippen LogP contribution in [0.1, 0.15) is 45.2 Å². The van der Waals surface area contributed by atoms with Gasteiger partial charge in [-0.25, -0.2) is 0 Å². The lowest BCUT2D eigenvalue weighted by Gasteiger charge is -2.17. The molecule has 1 amide bonds. The van der Waals surface area contributed by atoms with Crippen LogP contribution >= 0.6 is 0 Å². The fourth-order valence-electron chi connectivity index (χ4n) is 2.22. The summed E-state index contributed by atoms with van der Waals surface area (Å²) in [6.45, 7) is 7.35. The van der Waals surface area contributed by atoms with Crippen molar-refractivity contribution in [3.05, 3.63) is 29.8 Å². The van der Waals surface area contributed by atoms with E-state index in [1.54, 1.807) is 0 Å². The number of carbonyl (C=O) groups is 1. The van der Waals surface area contributed by atoms with Crippen LogP contribution in [0.5, 0.6) is 5.75 Å². The summed E-state index contributed by atoms with van der Waals surface area (Å²) in [5.74, 6) is 1.67. The van der Waals surface area contributed by atoms with Gasteiger partial charge in [0.1, 0.15) is 5.75 Å². The van der Waals surface area contributed by atoms with Gasteiger partial charge < -0.3 is 15.4 Å². The Morgan fingerprint density at radius 3 is 2.76 bits per heavy atom. The predicted molar refractivity (Wildman–Crippen MR) is 84.4 cm³/mol. The van der Waals surface area contributed by atoms with Crippen LogP contribution in [0.2, 0.25) is 0 Å². The Morgan fingerprint density at radius 1 is 1.33 bits per heavy atom. The standard InChI is InChI=1S/C17H26N2O2/c1-12(2)21-16-6-4-5-15(9-16)13(3)19-17(20)11-18-10-14-7-8-14/h4-6,9,12-14,18H,7-8,10-11H2,1-3H3,(H,19,20). The first-order valence-corrected chi connectivity index (χ1v) is 7.81. The minimum Gasteiger partial charge on any atom is -0.491 e. The number of amides is 1. The van der Waals surface area contributed by atoms with Gasteiger partial charge in [0.05, 0.1) is 18.7 Å². The Hall–Kier alpha value is -1.55. The van der Waals surface area contributed by atoms with Crippen molar-refractivity contribution in [3.63, 3.8) is 0 Å². The van der Waals surface area contributed by atoms with Crippen molar-refractivity contribution in [3.8, 4) is 5.75 Å². The first kappa shape index (κ1) is 15.8. The van der Waals surface area contributed by atoms with E-state index in [9.17, 15) is 4.79 Å². The monoisotopic (exact) mass is 290 g/mol. The lowest BCUT2D eigenvalue weighted by molar-refractivity contribution is -0.120. The maximum atomic E-state index is 11.9. The molecule has 0 heterocycles. The number of ether oxygens (including phenoxy) is 1. The molecule has 1 aromatic rings. The van der Waals surface area contributed by atoms with Crippen LogP contribution in [0.15, 0.2) is 24.3 Å². The van der Waals surface area contributed by atoms with E-state index in [-0.39, 0.29) is 18.1 Å². The third-order valence-electron chi connectivity index (χ3n) is 3.52. The van der Waals surface area contributed by atoms with Crippen molar-refractivity contribution in [2.75, 3.05) is 13.1 Å². The fourth-order valence-corrected chi connectivity index (χ4v) is 2.22. The largest absolute Gasteiger partial charge is 0.491 e. The summed E-state index contributed by atoms with van der Waals surface area (Å²) in [6.07, 6.45) is 2.75. The molecule has 1 atom stereocenters. The van der Waals surface area contributed by atoms with Gasteiger partial charge in [0.25, 0.3) is 0 Å². The highest BCUT2D eigenvalue weighted by molar-refractivity contribution is 5.78. The summed E-state index contributed by atoms with van der Waals surface area (Å²) >= 11 is 0. The molecule has 0 aliphatic heterocycles. The summed E-state index contributed by atoms with van der Waals surface area (Å²) < 4.78 is 5.68. The molecule has 0 aromatic heterocycles. The summed E-state index contributed by atoms with van der Waals surface area (Å²) in [5, 5.41) is 6.22. The van der Waals surface area contributed by atoms with Crippen LogP contribution in [0.4, 0.5) is 0 Å². The van der Waals surface area contributed by atoms with E-state index in [1.807, 2.05) is 45.0 Å². The number of hydrogen-bond acceptors (Lipinski definition) is 3. The fraction of sp³-hybridized carbons (Fsp3) is 0.588. The second-order valence-corrected chi connectivity index (χ2v) is 6.10. The molecule has 4 heteroatoms. The molecular weight excluding hydrogens is 264 g/mol. The highest BCUT2D eigenvalue weighted by atomic mass is 16.5. The quantitative estimate of drug-likeness (QED) is 0.774. The number of carbonyl (C=O) groups excluding carboxylic acids is 1. The Kier molecular flexibility index (Phi) is 5.62. The first-order valence-electron chi connectivity index (χ1n) is 7.81. The van der Waals surface area contributed by atoms with Gasteiger partial charge in [0, 0.05) is 0 Å². The van der Waals surface area contributed by atoms with E-state index in [4.69, 9.17) is 4.74 Å². The van der Waals surface area contributed by atoms with Crippen molar-refractivity contribution >= 4 is 5.91 Å². The first-order chi connectivity index (χ1) is 10.0. The van der Waals surface area contributed by atoms with Crippen LogP contribution in [0, 0.1) is 5.92 Å². The Bertz CT molecular complexity index is 470. The number of nitrogens with one attached hydrogen (secondary N) is 2. The van der Waals surface area contributed by atoms with Gasteiger partial charge in [0.2, 0.25) is 5.91 Å². The van der Waals surface area contributed by atoms with Gasteiger partial charge in [-0.05, 0) is 63.8 Å². The topological polar surface area (TPSA) is 50.4 Å². The molecule has 1 aliphatic carbocycles. The summed E-state index contributed by atoms with van der Waals surface area (Å²) in [7, 11) is 0. The number of benzene rings is 1. The summed E-state index contributed by atoms with van der Waals surface area (Å²) in [4.78, 5) is 11.9. The molecule has 21 heavy (non-hydrogen) atoms. The SMILES string of the molecule is CC(C)Oc1cccc(C(C)NC(=O)CNCC2CC2)c1. The molecule has 1 aromatic carbocycles. The maximum Gasteiger partial charge on any atom is 0.234 e. The molecule has 0 saturated heterocycles. The molecule has 1 unspecified atom stereocenters. The molecule has 4 nitrogen and oxygen atoms in total. The number of hydrogen-bond donors (Lipinski definition) is 2. The smallest absolute Gasteiger partial charge is 0.234 e. The van der Waals surface area contributed by atoms with E-state index in [0.717, 1.165) is 23.8 Å². The van der Waals surface area contributed by atoms with Crippen LogP contribution in [0.25, 0.3) is 0 Å². The van der Waals surface area contributed by atoms with Gasteiger partial charge in [-0.2, -0.15) is 0 Å². The third kappa shape index (κ3) is 5.76. The molecule has 1 aliphatic rings. The van der Waals surface area contributed by atoms with Crippen molar-refractivity contribution < 1.29 is 9.53 Å². The van der Waals surface area contributed by atoms with Crippen LogP contribution < -0.4 is 15.4 Å². The molecule has 1 saturated carbocycles. The molecule has 0 bridgehead atoms. The Labute approximate surface area is 127 Å². The van der Waals surface area contributed by atoms with Gasteiger partial charge in [-0.15, -0.1) is 0 Å². The second-order valence-electron chi connectivity index (χ2n) is 6.10.